The monoisotopic (exact) mass is 485 g/mol. The van der Waals surface area contributed by atoms with E-state index >= 15 is 0 Å². The Bertz CT molecular complexity index is 951. The predicted octanol–water partition coefficient (Wildman–Crippen LogP) is 4.32. The molecule has 1 aliphatic carbocycles. The molecule has 1 aliphatic heterocycles. The van der Waals surface area contributed by atoms with Crippen molar-refractivity contribution in [2.45, 2.75) is 78.1 Å². The smallest absolute Gasteiger partial charge is 0.258 e. The Morgan fingerprint density at radius 2 is 1.83 bits per heavy atom. The molecule has 0 spiro atoms. The van der Waals surface area contributed by atoms with Crippen molar-refractivity contribution < 1.29 is 18.8 Å². The van der Waals surface area contributed by atoms with E-state index in [2.05, 4.69) is 23.8 Å². The van der Waals surface area contributed by atoms with Gasteiger partial charge in [0.25, 0.3) is 5.91 Å². The Kier molecular flexibility index (Phi) is 9.41. The first-order valence-electron chi connectivity index (χ1n) is 12.2. The molecule has 1 heterocycles. The van der Waals surface area contributed by atoms with E-state index in [-0.39, 0.29) is 31.2 Å². The van der Waals surface area contributed by atoms with Gasteiger partial charge in [-0.15, -0.1) is 0 Å². The van der Waals surface area contributed by atoms with Crippen LogP contribution in [0, 0.1) is 5.41 Å². The molecule has 0 aromatic heterocycles. The molecule has 0 bridgehead atoms. The average molecular weight is 486 g/mol. The lowest BCUT2D eigenvalue weighted by Crippen LogP contribution is -2.59. The summed E-state index contributed by atoms with van der Waals surface area (Å²) >= 11 is 0. The van der Waals surface area contributed by atoms with Gasteiger partial charge >= 0.3 is 0 Å². The van der Waals surface area contributed by atoms with Gasteiger partial charge in [-0.05, 0) is 61.7 Å². The van der Waals surface area contributed by atoms with Crippen LogP contribution < -0.4 is 10.6 Å². The molecule has 2 rings (SSSR count). The van der Waals surface area contributed by atoms with Gasteiger partial charge in [-0.3, -0.25) is 14.4 Å². The first-order valence-corrected chi connectivity index (χ1v) is 12.2. The quantitative estimate of drug-likeness (QED) is 0.453. The third kappa shape index (κ3) is 7.26. The minimum atomic E-state index is -1.87. The second kappa shape index (κ2) is 11.6. The molecule has 1 saturated carbocycles. The number of rotatable bonds is 10. The summed E-state index contributed by atoms with van der Waals surface area (Å²) in [6, 6.07) is -1.56. The van der Waals surface area contributed by atoms with Gasteiger partial charge in [0.05, 0.1) is 0 Å². The second-order valence-electron chi connectivity index (χ2n) is 10.4. The van der Waals surface area contributed by atoms with Gasteiger partial charge in [0.15, 0.2) is 5.67 Å². The Morgan fingerprint density at radius 3 is 2.34 bits per heavy atom. The van der Waals surface area contributed by atoms with Crippen LogP contribution in [0.5, 0.6) is 0 Å². The molecule has 0 aromatic carbocycles. The van der Waals surface area contributed by atoms with Gasteiger partial charge in [0.1, 0.15) is 12.1 Å². The van der Waals surface area contributed by atoms with Gasteiger partial charge in [-0.2, -0.15) is 0 Å². The molecule has 2 unspecified atom stereocenters. The number of halogens is 1. The van der Waals surface area contributed by atoms with E-state index in [1.165, 1.54) is 4.90 Å². The third-order valence-corrected chi connectivity index (χ3v) is 6.64. The summed E-state index contributed by atoms with van der Waals surface area (Å²) in [5.74, 6) is -1.36. The molecular formula is C28H40FN3O3. The summed E-state index contributed by atoms with van der Waals surface area (Å²) in [4.78, 5) is 40.4. The molecule has 35 heavy (non-hydrogen) atoms. The molecule has 7 heteroatoms. The lowest BCUT2D eigenvalue weighted by atomic mass is 9.85. The first-order chi connectivity index (χ1) is 16.4. The number of nitrogens with zero attached hydrogens (tertiary/aromatic N) is 1. The van der Waals surface area contributed by atoms with Crippen LogP contribution in [0.15, 0.2) is 60.3 Å². The Morgan fingerprint density at radius 1 is 1.17 bits per heavy atom. The summed E-state index contributed by atoms with van der Waals surface area (Å²) in [7, 11) is 0. The standard InChI is InChI=1S/C28H40FN3O3/c1-8-19(4)21(10-3)14-13-20(9-2)18-30-24(33)22-12-11-17-32(22)25(34)23(27(5,6)7)31-26(35)28(29)15-16-28/h8-10,13-14,22-23H,2-3,11-12,15-18H2,1,4-7H3,(H,30,33)(H,31,35)/b19-8-,20-13+,21-14+. The third-order valence-electron chi connectivity index (χ3n) is 6.64. The minimum absolute atomic E-state index is 0.176. The summed E-state index contributed by atoms with van der Waals surface area (Å²) < 4.78 is 14.3. The number of alkyl halides is 1. The maximum absolute atomic E-state index is 14.3. The topological polar surface area (TPSA) is 78.5 Å². The average Bonchev–Trinajstić information content (AvgIpc) is 3.37. The van der Waals surface area contributed by atoms with Crippen molar-refractivity contribution in [1.29, 1.82) is 0 Å². The van der Waals surface area contributed by atoms with Crippen molar-refractivity contribution in [2.75, 3.05) is 13.1 Å². The molecule has 0 radical (unpaired) electrons. The molecule has 2 aliphatic rings. The van der Waals surface area contributed by atoms with Crippen LogP contribution in [-0.2, 0) is 14.4 Å². The maximum atomic E-state index is 14.3. The number of amides is 3. The highest BCUT2D eigenvalue weighted by Gasteiger charge is 2.53. The fourth-order valence-corrected chi connectivity index (χ4v) is 3.94. The Hall–Kier alpha value is -2.96. The van der Waals surface area contributed by atoms with Crippen LogP contribution >= 0.6 is 0 Å². The van der Waals surface area contributed by atoms with Crippen LogP contribution in [-0.4, -0.2) is 53.5 Å². The highest BCUT2D eigenvalue weighted by molar-refractivity contribution is 5.95. The number of allylic oxidation sites excluding steroid dienone is 6. The highest BCUT2D eigenvalue weighted by atomic mass is 19.1. The van der Waals surface area contributed by atoms with E-state index < -0.39 is 29.1 Å². The minimum Gasteiger partial charge on any atom is -0.350 e. The molecular weight excluding hydrogens is 445 g/mol. The molecule has 3 amide bonds. The molecule has 0 aromatic rings. The van der Waals surface area contributed by atoms with E-state index in [1.807, 2.05) is 52.8 Å². The van der Waals surface area contributed by atoms with E-state index in [1.54, 1.807) is 12.2 Å². The summed E-state index contributed by atoms with van der Waals surface area (Å²) in [6.07, 6.45) is 10.8. The van der Waals surface area contributed by atoms with Crippen molar-refractivity contribution >= 4 is 17.7 Å². The maximum Gasteiger partial charge on any atom is 0.258 e. The van der Waals surface area contributed by atoms with Crippen LogP contribution in [0.25, 0.3) is 0 Å². The van der Waals surface area contributed by atoms with Gasteiger partial charge in [0.2, 0.25) is 11.8 Å². The van der Waals surface area contributed by atoms with E-state index in [0.717, 1.165) is 16.7 Å². The summed E-state index contributed by atoms with van der Waals surface area (Å²) in [5, 5.41) is 5.53. The zero-order valence-electron chi connectivity index (χ0n) is 21.7. The van der Waals surface area contributed by atoms with E-state index in [4.69, 9.17) is 0 Å². The summed E-state index contributed by atoms with van der Waals surface area (Å²) in [5.41, 5.74) is 0.368. The lowest BCUT2D eigenvalue weighted by molar-refractivity contribution is -0.144. The fraction of sp³-hybridized carbons (Fsp3) is 0.536. The zero-order valence-corrected chi connectivity index (χ0v) is 21.7. The normalized spacial score (nSPS) is 21.3. The molecule has 2 atom stereocenters. The van der Waals surface area contributed by atoms with Gasteiger partial charge in [-0.1, -0.05) is 64.3 Å². The van der Waals surface area contributed by atoms with Gasteiger partial charge in [-0.25, -0.2) is 4.39 Å². The molecule has 2 fully saturated rings. The number of nitrogens with one attached hydrogen (secondary N) is 2. The molecule has 2 N–H and O–H groups in total. The van der Waals surface area contributed by atoms with Crippen molar-refractivity contribution in [2.24, 2.45) is 5.41 Å². The molecule has 6 nitrogen and oxygen atoms in total. The SMILES string of the molecule is C=C\C(=C/C=C(C=C)/C(C)=C\C)CNC(=O)C1CCCN1C(=O)C(NC(=O)C1(F)CC1)C(C)(C)C. The number of carbonyl (C=O) groups excluding carboxylic acids is 3. The molecule has 1 saturated heterocycles. The van der Waals surface area contributed by atoms with Crippen LogP contribution in [0.4, 0.5) is 4.39 Å². The van der Waals surface area contributed by atoms with Crippen molar-refractivity contribution in [3.05, 3.63) is 60.3 Å². The van der Waals surface area contributed by atoms with E-state index in [9.17, 15) is 18.8 Å². The molecule has 192 valence electrons. The van der Waals surface area contributed by atoms with Gasteiger partial charge in [0, 0.05) is 13.1 Å². The lowest BCUT2D eigenvalue weighted by Gasteiger charge is -2.35. The van der Waals surface area contributed by atoms with Crippen LogP contribution in [0.2, 0.25) is 0 Å². The van der Waals surface area contributed by atoms with Crippen LogP contribution in [0.1, 0.15) is 60.3 Å². The van der Waals surface area contributed by atoms with E-state index in [0.29, 0.717) is 19.4 Å². The van der Waals surface area contributed by atoms with Crippen molar-refractivity contribution in [3.63, 3.8) is 0 Å². The Labute approximate surface area is 209 Å². The van der Waals surface area contributed by atoms with Crippen molar-refractivity contribution in [1.82, 2.24) is 15.5 Å². The van der Waals surface area contributed by atoms with Gasteiger partial charge < -0.3 is 15.5 Å². The second-order valence-corrected chi connectivity index (χ2v) is 10.4. The Balaban J connectivity index is 2.10. The number of likely N-dealkylation sites (tertiary alicyclic amines) is 1. The van der Waals surface area contributed by atoms with Crippen molar-refractivity contribution in [3.8, 4) is 0 Å². The summed E-state index contributed by atoms with van der Waals surface area (Å²) in [6.45, 7) is 17.7. The zero-order chi connectivity index (χ0) is 26.4. The number of hydrogen-bond donors (Lipinski definition) is 2. The number of carbonyl (C=O) groups is 3. The number of hydrogen-bond acceptors (Lipinski definition) is 3. The predicted molar refractivity (Wildman–Crippen MR) is 138 cm³/mol. The fourth-order valence-electron chi connectivity index (χ4n) is 3.94. The highest BCUT2D eigenvalue weighted by Crippen LogP contribution is 2.40. The van der Waals surface area contributed by atoms with Crippen LogP contribution in [0.3, 0.4) is 0 Å². The largest absolute Gasteiger partial charge is 0.350 e. The first kappa shape index (κ1) is 28.3.